The molecular formula is C21H22N4O4. The Morgan fingerprint density at radius 1 is 1.41 bits per heavy atom. The fourth-order valence-corrected chi connectivity index (χ4v) is 3.20. The highest BCUT2D eigenvalue weighted by atomic mass is 16.5. The van der Waals surface area contributed by atoms with Crippen LogP contribution >= 0.6 is 0 Å². The molecule has 2 N–H and O–H groups in total. The number of nitriles is 1. The number of para-hydroxylation sites is 1. The summed E-state index contributed by atoms with van der Waals surface area (Å²) in [5.41, 5.74) is 6.98. The second kappa shape index (κ2) is 8.97. The first-order chi connectivity index (χ1) is 14.1. The molecule has 1 aliphatic heterocycles. The lowest BCUT2D eigenvalue weighted by molar-refractivity contribution is -0.139. The number of carbonyl (C=O) groups excluding carboxylic acids is 1. The number of allylic oxidation sites excluding steroid dienone is 2. The van der Waals surface area contributed by atoms with Crippen molar-refractivity contribution in [1.82, 2.24) is 9.55 Å². The molecule has 0 spiro atoms. The Morgan fingerprint density at radius 3 is 2.90 bits per heavy atom. The molecule has 0 fully saturated rings. The molecular weight excluding hydrogens is 372 g/mol. The van der Waals surface area contributed by atoms with Crippen molar-refractivity contribution in [2.24, 2.45) is 5.73 Å². The van der Waals surface area contributed by atoms with E-state index in [1.54, 1.807) is 38.5 Å². The number of esters is 1. The van der Waals surface area contributed by atoms with Gasteiger partial charge in [-0.3, -0.25) is 0 Å². The van der Waals surface area contributed by atoms with Gasteiger partial charge in [0, 0.05) is 18.0 Å². The number of nitrogens with two attached hydrogens (primary N) is 1. The standard InChI is InChI=1S/C21H22N4O4/c1-3-27-21(26)18-14(2)29-20(23)16(12-22)19(18)15-6-4-5-7-17(15)28-11-10-25-9-8-24-13-25/h4-9,13,19H,3,10-11,23H2,1-2H3. The predicted octanol–water partition coefficient (Wildman–Crippen LogP) is 2.61. The minimum atomic E-state index is -0.739. The molecule has 1 unspecified atom stereocenters. The number of hydrogen-bond donors (Lipinski definition) is 1. The van der Waals surface area contributed by atoms with Crippen LogP contribution in [0.1, 0.15) is 25.3 Å². The van der Waals surface area contributed by atoms with Gasteiger partial charge in [0.2, 0.25) is 5.88 Å². The van der Waals surface area contributed by atoms with Crippen molar-refractivity contribution < 1.29 is 19.0 Å². The number of carbonyl (C=O) groups is 1. The number of ether oxygens (including phenoxy) is 3. The van der Waals surface area contributed by atoms with Crippen molar-refractivity contribution in [3.63, 3.8) is 0 Å². The van der Waals surface area contributed by atoms with Crippen LogP contribution in [0.5, 0.6) is 5.75 Å². The van der Waals surface area contributed by atoms with E-state index in [9.17, 15) is 10.1 Å². The second-order valence-corrected chi connectivity index (χ2v) is 6.30. The lowest BCUT2D eigenvalue weighted by Gasteiger charge is -2.28. The van der Waals surface area contributed by atoms with E-state index >= 15 is 0 Å². The zero-order chi connectivity index (χ0) is 20.8. The molecule has 0 amide bonds. The molecule has 0 saturated carbocycles. The first kappa shape index (κ1) is 20.0. The third kappa shape index (κ3) is 4.24. The Kier molecular flexibility index (Phi) is 6.19. The van der Waals surface area contributed by atoms with Crippen molar-refractivity contribution in [2.75, 3.05) is 13.2 Å². The Bertz CT molecular complexity index is 986. The first-order valence-corrected chi connectivity index (χ1v) is 9.19. The molecule has 0 saturated heterocycles. The molecule has 0 bridgehead atoms. The van der Waals surface area contributed by atoms with E-state index in [1.807, 2.05) is 22.9 Å². The van der Waals surface area contributed by atoms with Crippen molar-refractivity contribution in [3.8, 4) is 11.8 Å². The van der Waals surface area contributed by atoms with E-state index in [1.165, 1.54) is 0 Å². The number of benzene rings is 1. The highest BCUT2D eigenvalue weighted by Crippen LogP contribution is 2.42. The summed E-state index contributed by atoms with van der Waals surface area (Å²) >= 11 is 0. The molecule has 29 heavy (non-hydrogen) atoms. The Labute approximate surface area is 168 Å². The molecule has 0 aliphatic carbocycles. The second-order valence-electron chi connectivity index (χ2n) is 6.30. The number of aromatic nitrogens is 2. The molecule has 1 aromatic heterocycles. The van der Waals surface area contributed by atoms with Crippen LogP contribution in [0, 0.1) is 11.3 Å². The van der Waals surface area contributed by atoms with Gasteiger partial charge in [-0.15, -0.1) is 0 Å². The molecule has 2 heterocycles. The van der Waals surface area contributed by atoms with E-state index in [0.29, 0.717) is 30.2 Å². The average molecular weight is 394 g/mol. The molecule has 1 aromatic carbocycles. The number of rotatable bonds is 7. The van der Waals surface area contributed by atoms with E-state index in [0.717, 1.165) is 0 Å². The van der Waals surface area contributed by atoms with Gasteiger partial charge in [-0.1, -0.05) is 18.2 Å². The van der Waals surface area contributed by atoms with E-state index in [4.69, 9.17) is 19.9 Å². The van der Waals surface area contributed by atoms with Crippen molar-refractivity contribution in [3.05, 3.63) is 71.3 Å². The molecule has 8 nitrogen and oxygen atoms in total. The summed E-state index contributed by atoms with van der Waals surface area (Å²) in [5, 5.41) is 9.71. The van der Waals surface area contributed by atoms with Gasteiger partial charge in [0.1, 0.15) is 29.8 Å². The van der Waals surface area contributed by atoms with Gasteiger partial charge < -0.3 is 24.5 Å². The lowest BCUT2D eigenvalue weighted by atomic mass is 9.82. The summed E-state index contributed by atoms with van der Waals surface area (Å²) in [7, 11) is 0. The third-order valence-corrected chi connectivity index (χ3v) is 4.50. The van der Waals surface area contributed by atoms with Crippen molar-refractivity contribution in [2.45, 2.75) is 26.3 Å². The zero-order valence-electron chi connectivity index (χ0n) is 16.3. The van der Waals surface area contributed by atoms with Crippen LogP contribution in [0.15, 0.2) is 65.8 Å². The summed E-state index contributed by atoms with van der Waals surface area (Å²) in [6, 6.07) is 9.32. The Hall–Kier alpha value is -3.73. The van der Waals surface area contributed by atoms with Gasteiger partial charge in [-0.25, -0.2) is 9.78 Å². The molecule has 2 aromatic rings. The van der Waals surface area contributed by atoms with Crippen LogP contribution in [0.25, 0.3) is 0 Å². The maximum absolute atomic E-state index is 12.7. The molecule has 1 atom stereocenters. The van der Waals surface area contributed by atoms with Crippen molar-refractivity contribution >= 4 is 5.97 Å². The third-order valence-electron chi connectivity index (χ3n) is 4.50. The SMILES string of the molecule is CCOC(=O)C1=C(C)OC(N)=C(C#N)C1c1ccccc1OCCn1ccnc1. The quantitative estimate of drug-likeness (QED) is 0.718. The van der Waals surface area contributed by atoms with Crippen LogP contribution in [0.4, 0.5) is 0 Å². The fourth-order valence-electron chi connectivity index (χ4n) is 3.20. The van der Waals surface area contributed by atoms with Crippen LogP contribution in [-0.4, -0.2) is 28.7 Å². The minimum absolute atomic E-state index is 0.0312. The molecule has 150 valence electrons. The van der Waals surface area contributed by atoms with Crippen LogP contribution < -0.4 is 10.5 Å². The monoisotopic (exact) mass is 394 g/mol. The predicted molar refractivity (Wildman–Crippen MR) is 104 cm³/mol. The van der Waals surface area contributed by atoms with Gasteiger partial charge >= 0.3 is 5.97 Å². The van der Waals surface area contributed by atoms with E-state index in [-0.39, 0.29) is 23.6 Å². The zero-order valence-corrected chi connectivity index (χ0v) is 16.3. The van der Waals surface area contributed by atoms with Gasteiger partial charge in [0.05, 0.1) is 31.0 Å². The lowest BCUT2D eigenvalue weighted by Crippen LogP contribution is -2.26. The number of imidazole rings is 1. The van der Waals surface area contributed by atoms with E-state index < -0.39 is 11.9 Å². The Balaban J connectivity index is 1.97. The maximum Gasteiger partial charge on any atom is 0.338 e. The number of hydrogen-bond acceptors (Lipinski definition) is 7. The maximum atomic E-state index is 12.7. The van der Waals surface area contributed by atoms with Gasteiger partial charge in [0.25, 0.3) is 0 Å². The molecule has 3 rings (SSSR count). The fraction of sp³-hybridized carbons (Fsp3) is 0.286. The highest BCUT2D eigenvalue weighted by molar-refractivity contribution is 5.92. The van der Waals surface area contributed by atoms with Gasteiger partial charge in [-0.05, 0) is 19.9 Å². The highest BCUT2D eigenvalue weighted by Gasteiger charge is 2.37. The summed E-state index contributed by atoms with van der Waals surface area (Å²) in [6.45, 7) is 4.53. The summed E-state index contributed by atoms with van der Waals surface area (Å²) in [6.07, 6.45) is 5.24. The van der Waals surface area contributed by atoms with Gasteiger partial charge in [-0.2, -0.15) is 5.26 Å². The first-order valence-electron chi connectivity index (χ1n) is 9.19. The van der Waals surface area contributed by atoms with Crippen LogP contribution in [0.2, 0.25) is 0 Å². The van der Waals surface area contributed by atoms with E-state index in [2.05, 4.69) is 11.1 Å². The topological polar surface area (TPSA) is 112 Å². The number of nitrogens with zero attached hydrogens (tertiary/aromatic N) is 3. The normalized spacial score (nSPS) is 16.2. The largest absolute Gasteiger partial charge is 0.491 e. The minimum Gasteiger partial charge on any atom is -0.491 e. The average Bonchev–Trinajstić information content (AvgIpc) is 3.21. The van der Waals surface area contributed by atoms with Crippen molar-refractivity contribution in [1.29, 1.82) is 5.26 Å². The van der Waals surface area contributed by atoms with Crippen LogP contribution in [-0.2, 0) is 20.8 Å². The summed E-state index contributed by atoms with van der Waals surface area (Å²) < 4.78 is 18.5. The Morgan fingerprint density at radius 2 is 2.21 bits per heavy atom. The van der Waals surface area contributed by atoms with Crippen LogP contribution in [0.3, 0.4) is 0 Å². The summed E-state index contributed by atoms with van der Waals surface area (Å²) in [5.74, 6) is -0.468. The summed E-state index contributed by atoms with van der Waals surface area (Å²) in [4.78, 5) is 16.7. The smallest absolute Gasteiger partial charge is 0.338 e. The molecule has 8 heteroatoms. The molecule has 0 radical (unpaired) electrons. The van der Waals surface area contributed by atoms with Gasteiger partial charge in [0.15, 0.2) is 0 Å². The molecule has 1 aliphatic rings.